The summed E-state index contributed by atoms with van der Waals surface area (Å²) in [4.78, 5) is 21.9. The number of nitrogens with zero attached hydrogens (tertiary/aromatic N) is 2. The molecular weight excluding hydrogens is 294 g/mol. The third-order valence-corrected chi connectivity index (χ3v) is 4.43. The molecule has 2 heterocycles. The van der Waals surface area contributed by atoms with E-state index >= 15 is 0 Å². The van der Waals surface area contributed by atoms with Crippen LogP contribution in [0.4, 0.5) is 0 Å². The summed E-state index contributed by atoms with van der Waals surface area (Å²) in [7, 11) is 0. The molecule has 2 rings (SSSR count). The van der Waals surface area contributed by atoms with E-state index in [0.29, 0.717) is 10.7 Å². The number of thiazole rings is 1. The van der Waals surface area contributed by atoms with Crippen molar-refractivity contribution in [2.24, 2.45) is 0 Å². The zero-order chi connectivity index (χ0) is 14.7. The number of halogens is 1. The molecule has 1 unspecified atom stereocenters. The van der Waals surface area contributed by atoms with Gasteiger partial charge >= 0.3 is 0 Å². The number of nitrogens with one attached hydrogen (secondary N) is 1. The van der Waals surface area contributed by atoms with E-state index in [-0.39, 0.29) is 11.9 Å². The predicted molar refractivity (Wildman–Crippen MR) is 81.3 cm³/mol. The van der Waals surface area contributed by atoms with E-state index in [9.17, 15) is 4.79 Å². The normalized spacial score (nSPS) is 12.2. The highest BCUT2D eigenvalue weighted by molar-refractivity contribution is 7.11. The Morgan fingerprint density at radius 2 is 2.20 bits per heavy atom. The molecule has 106 valence electrons. The van der Waals surface area contributed by atoms with Crippen LogP contribution in [0.5, 0.6) is 0 Å². The number of pyridine rings is 1. The van der Waals surface area contributed by atoms with Gasteiger partial charge < -0.3 is 5.32 Å². The van der Waals surface area contributed by atoms with Gasteiger partial charge in [-0.05, 0) is 32.4 Å². The third-order valence-electron chi connectivity index (χ3n) is 3.02. The van der Waals surface area contributed by atoms with E-state index in [1.54, 1.807) is 23.5 Å². The number of carbonyl (C=O) groups excluding carboxylic acids is 1. The average Bonchev–Trinajstić information content (AvgIpc) is 2.76. The summed E-state index contributed by atoms with van der Waals surface area (Å²) >= 11 is 7.38. The highest BCUT2D eigenvalue weighted by Gasteiger charge is 2.18. The minimum Gasteiger partial charge on any atom is -0.341 e. The molecule has 6 heteroatoms. The van der Waals surface area contributed by atoms with Crippen molar-refractivity contribution in [2.75, 3.05) is 0 Å². The molecular formula is C14H16ClN3OS. The fourth-order valence-electron chi connectivity index (χ4n) is 1.73. The zero-order valence-electron chi connectivity index (χ0n) is 11.6. The second kappa shape index (κ2) is 6.33. The van der Waals surface area contributed by atoms with Gasteiger partial charge in [-0.3, -0.25) is 4.79 Å². The molecule has 0 saturated carbocycles. The lowest BCUT2D eigenvalue weighted by atomic mass is 10.2. The van der Waals surface area contributed by atoms with Crippen molar-refractivity contribution in [1.82, 2.24) is 15.3 Å². The number of amides is 1. The van der Waals surface area contributed by atoms with Gasteiger partial charge in [-0.2, -0.15) is 0 Å². The molecule has 0 aliphatic heterocycles. The van der Waals surface area contributed by atoms with Gasteiger partial charge in [-0.25, -0.2) is 9.97 Å². The molecule has 0 saturated heterocycles. The number of aryl methyl sites for hydroxylation is 2. The predicted octanol–water partition coefficient (Wildman–Crippen LogP) is 3.69. The number of hydrogen-bond donors (Lipinski definition) is 1. The lowest BCUT2D eigenvalue weighted by Crippen LogP contribution is -2.28. The Labute approximate surface area is 127 Å². The van der Waals surface area contributed by atoms with Gasteiger partial charge in [0.1, 0.15) is 10.7 Å². The van der Waals surface area contributed by atoms with Gasteiger partial charge in [-0.15, -0.1) is 11.3 Å². The summed E-state index contributed by atoms with van der Waals surface area (Å²) in [5.74, 6) is -0.209. The Morgan fingerprint density at radius 1 is 1.45 bits per heavy atom. The van der Waals surface area contributed by atoms with Gasteiger partial charge in [0, 0.05) is 11.1 Å². The summed E-state index contributed by atoms with van der Waals surface area (Å²) in [5, 5.41) is 4.41. The fourth-order valence-corrected chi connectivity index (χ4v) is 2.90. The molecule has 0 spiro atoms. The van der Waals surface area contributed by atoms with Crippen molar-refractivity contribution in [3.63, 3.8) is 0 Å². The highest BCUT2D eigenvalue weighted by atomic mass is 35.5. The molecule has 1 atom stereocenters. The Balaban J connectivity index is 2.13. The van der Waals surface area contributed by atoms with Crippen LogP contribution in [0.2, 0.25) is 5.02 Å². The van der Waals surface area contributed by atoms with Crippen LogP contribution in [0.25, 0.3) is 0 Å². The lowest BCUT2D eigenvalue weighted by Gasteiger charge is -2.14. The number of rotatable bonds is 4. The Bertz CT molecular complexity index is 590. The molecule has 0 aliphatic carbocycles. The highest BCUT2D eigenvalue weighted by Crippen LogP contribution is 2.25. The molecule has 20 heavy (non-hydrogen) atoms. The van der Waals surface area contributed by atoms with Crippen LogP contribution in [-0.4, -0.2) is 15.9 Å². The first-order valence-electron chi connectivity index (χ1n) is 6.37. The first-order chi connectivity index (χ1) is 9.51. The maximum Gasteiger partial charge on any atom is 0.270 e. The van der Waals surface area contributed by atoms with E-state index in [0.717, 1.165) is 17.1 Å². The van der Waals surface area contributed by atoms with Gasteiger partial charge in [0.2, 0.25) is 0 Å². The van der Waals surface area contributed by atoms with Crippen LogP contribution in [0.1, 0.15) is 45.5 Å². The smallest absolute Gasteiger partial charge is 0.270 e. The molecule has 0 bridgehead atoms. The summed E-state index contributed by atoms with van der Waals surface area (Å²) in [6.07, 6.45) is 2.25. The van der Waals surface area contributed by atoms with Crippen molar-refractivity contribution in [3.05, 3.63) is 44.6 Å². The molecule has 2 aromatic rings. The van der Waals surface area contributed by atoms with Gasteiger partial charge in [0.05, 0.1) is 16.8 Å². The van der Waals surface area contributed by atoms with Crippen LogP contribution in [-0.2, 0) is 0 Å². The van der Waals surface area contributed by atoms with Gasteiger partial charge in [0.15, 0.2) is 0 Å². The van der Waals surface area contributed by atoms with E-state index in [1.165, 1.54) is 11.1 Å². The maximum absolute atomic E-state index is 12.2. The summed E-state index contributed by atoms with van der Waals surface area (Å²) < 4.78 is 0. The quantitative estimate of drug-likeness (QED) is 0.937. The van der Waals surface area contributed by atoms with Crippen molar-refractivity contribution in [1.29, 1.82) is 0 Å². The third kappa shape index (κ3) is 3.35. The molecule has 1 amide bonds. The van der Waals surface area contributed by atoms with Crippen LogP contribution >= 0.6 is 22.9 Å². The minimum absolute atomic E-state index is 0.0858. The van der Waals surface area contributed by atoms with Crippen molar-refractivity contribution in [3.8, 4) is 0 Å². The van der Waals surface area contributed by atoms with Crippen molar-refractivity contribution in [2.45, 2.75) is 33.2 Å². The maximum atomic E-state index is 12.2. The van der Waals surface area contributed by atoms with E-state index in [1.807, 2.05) is 20.8 Å². The second-order valence-corrected chi connectivity index (χ2v) is 6.16. The Kier molecular flexibility index (Phi) is 4.73. The largest absolute Gasteiger partial charge is 0.341 e. The van der Waals surface area contributed by atoms with Crippen LogP contribution in [0.15, 0.2) is 18.3 Å². The topological polar surface area (TPSA) is 54.9 Å². The molecule has 0 fully saturated rings. The summed E-state index contributed by atoms with van der Waals surface area (Å²) in [6, 6.07) is 3.18. The van der Waals surface area contributed by atoms with Gasteiger partial charge in [0.25, 0.3) is 5.91 Å². The minimum atomic E-state index is -0.209. The first-order valence-corrected chi connectivity index (χ1v) is 7.57. The SMILES string of the molecule is CCC(NC(=O)c1ccc(Cl)cn1)c1nc(C)c(C)s1. The average molecular weight is 310 g/mol. The summed E-state index contributed by atoms with van der Waals surface area (Å²) in [6.45, 7) is 6.03. The summed E-state index contributed by atoms with van der Waals surface area (Å²) in [5.41, 5.74) is 1.38. The fraction of sp³-hybridized carbons (Fsp3) is 0.357. The van der Waals surface area contributed by atoms with E-state index < -0.39 is 0 Å². The monoisotopic (exact) mass is 309 g/mol. The molecule has 1 N–H and O–H groups in total. The number of aromatic nitrogens is 2. The molecule has 4 nitrogen and oxygen atoms in total. The molecule has 0 radical (unpaired) electrons. The lowest BCUT2D eigenvalue weighted by molar-refractivity contribution is 0.0930. The second-order valence-electron chi connectivity index (χ2n) is 4.49. The molecule has 0 aromatic carbocycles. The van der Waals surface area contributed by atoms with Crippen LogP contribution in [0, 0.1) is 13.8 Å². The standard InChI is InChI=1S/C14H16ClN3OS/c1-4-11(14-17-8(2)9(3)20-14)18-13(19)12-6-5-10(15)7-16-12/h5-7,11H,4H2,1-3H3,(H,18,19). The van der Waals surface area contributed by atoms with Crippen molar-refractivity contribution >= 4 is 28.8 Å². The number of carbonyl (C=O) groups is 1. The van der Waals surface area contributed by atoms with Crippen LogP contribution < -0.4 is 5.32 Å². The van der Waals surface area contributed by atoms with Crippen molar-refractivity contribution < 1.29 is 4.79 Å². The zero-order valence-corrected chi connectivity index (χ0v) is 13.2. The number of hydrogen-bond acceptors (Lipinski definition) is 4. The Morgan fingerprint density at radius 3 is 2.70 bits per heavy atom. The molecule has 0 aliphatic rings. The first kappa shape index (κ1) is 14.9. The van der Waals surface area contributed by atoms with Gasteiger partial charge in [-0.1, -0.05) is 18.5 Å². The van der Waals surface area contributed by atoms with Crippen LogP contribution in [0.3, 0.4) is 0 Å². The Hall–Kier alpha value is -1.46. The van der Waals surface area contributed by atoms with E-state index in [2.05, 4.69) is 15.3 Å². The van der Waals surface area contributed by atoms with E-state index in [4.69, 9.17) is 11.6 Å². The molecule has 2 aromatic heterocycles.